The van der Waals surface area contributed by atoms with Crippen molar-refractivity contribution in [3.05, 3.63) is 74.5 Å². The van der Waals surface area contributed by atoms with Crippen molar-refractivity contribution >= 4 is 44.9 Å². The molecule has 0 saturated heterocycles. The van der Waals surface area contributed by atoms with Crippen LogP contribution in [0.4, 0.5) is 0 Å². The second-order valence-corrected chi connectivity index (χ2v) is 8.94. The molecule has 0 amide bonds. The lowest BCUT2D eigenvalue weighted by Crippen LogP contribution is -2.14. The Hall–Kier alpha value is -2.90. The maximum absolute atomic E-state index is 12.6. The molecule has 0 N–H and O–H groups in total. The quantitative estimate of drug-likeness (QED) is 0.299. The molecule has 31 heavy (non-hydrogen) atoms. The molecule has 3 heterocycles. The summed E-state index contributed by atoms with van der Waals surface area (Å²) in [6.45, 7) is 5.92. The molecule has 0 fully saturated rings. The molecule has 0 saturated carbocycles. The molecule has 0 unspecified atom stereocenters. The SMILES string of the molecule is Cc1nn(Cc2ccccc2Cl)c2sc(C(=O)OCC(=O)c3cc(C)n(C)c3C)cc12. The summed E-state index contributed by atoms with van der Waals surface area (Å²) in [7, 11) is 1.90. The Kier molecular flexibility index (Phi) is 5.73. The second-order valence-electron chi connectivity index (χ2n) is 7.51. The van der Waals surface area contributed by atoms with Crippen LogP contribution >= 0.6 is 22.9 Å². The first-order chi connectivity index (χ1) is 14.8. The Bertz CT molecular complexity index is 1320. The van der Waals surface area contributed by atoms with Crippen LogP contribution in [0, 0.1) is 20.8 Å². The van der Waals surface area contributed by atoms with Crippen LogP contribution in [-0.4, -0.2) is 32.7 Å². The zero-order valence-corrected chi connectivity index (χ0v) is 19.3. The smallest absolute Gasteiger partial charge is 0.348 e. The minimum atomic E-state index is -0.511. The van der Waals surface area contributed by atoms with Gasteiger partial charge in [-0.2, -0.15) is 5.10 Å². The van der Waals surface area contributed by atoms with Crippen molar-refractivity contribution < 1.29 is 14.3 Å². The highest BCUT2D eigenvalue weighted by molar-refractivity contribution is 7.20. The number of halogens is 1. The van der Waals surface area contributed by atoms with Crippen LogP contribution in [0.1, 0.15) is 42.7 Å². The number of hydrogen-bond acceptors (Lipinski definition) is 5. The molecule has 0 atom stereocenters. The van der Waals surface area contributed by atoms with Crippen molar-refractivity contribution in [1.29, 1.82) is 0 Å². The number of hydrogen-bond donors (Lipinski definition) is 0. The number of aryl methyl sites for hydroxylation is 2. The zero-order chi connectivity index (χ0) is 22.3. The van der Waals surface area contributed by atoms with Crippen molar-refractivity contribution in [2.24, 2.45) is 7.05 Å². The van der Waals surface area contributed by atoms with Crippen molar-refractivity contribution in [2.45, 2.75) is 27.3 Å². The molecule has 8 heteroatoms. The fraction of sp³-hybridized carbons (Fsp3) is 0.261. The summed E-state index contributed by atoms with van der Waals surface area (Å²) >= 11 is 7.59. The Morgan fingerprint density at radius 1 is 1.16 bits per heavy atom. The Morgan fingerprint density at radius 3 is 2.58 bits per heavy atom. The van der Waals surface area contributed by atoms with Crippen LogP contribution in [0.2, 0.25) is 5.02 Å². The fourth-order valence-electron chi connectivity index (χ4n) is 3.53. The molecule has 4 aromatic rings. The number of aromatic nitrogens is 3. The first-order valence-corrected chi connectivity index (χ1v) is 11.0. The van der Waals surface area contributed by atoms with E-state index in [1.54, 1.807) is 6.07 Å². The zero-order valence-electron chi connectivity index (χ0n) is 17.7. The predicted molar refractivity (Wildman–Crippen MR) is 122 cm³/mol. The Labute approximate surface area is 189 Å². The molecule has 160 valence electrons. The van der Waals surface area contributed by atoms with Crippen LogP contribution in [0.5, 0.6) is 0 Å². The molecular weight excluding hydrogens is 434 g/mol. The van der Waals surface area contributed by atoms with Gasteiger partial charge in [-0.1, -0.05) is 29.8 Å². The summed E-state index contributed by atoms with van der Waals surface area (Å²) in [6.07, 6.45) is 0. The highest BCUT2D eigenvalue weighted by atomic mass is 35.5. The van der Waals surface area contributed by atoms with Crippen LogP contribution in [0.3, 0.4) is 0 Å². The van der Waals surface area contributed by atoms with Gasteiger partial charge in [0.1, 0.15) is 9.71 Å². The Balaban J connectivity index is 1.52. The van der Waals surface area contributed by atoms with Gasteiger partial charge in [-0.05, 0) is 44.5 Å². The monoisotopic (exact) mass is 455 g/mol. The summed E-state index contributed by atoms with van der Waals surface area (Å²) in [5.74, 6) is -0.722. The average molecular weight is 456 g/mol. The largest absolute Gasteiger partial charge is 0.453 e. The Morgan fingerprint density at radius 2 is 1.90 bits per heavy atom. The number of rotatable bonds is 6. The molecule has 4 rings (SSSR count). The van der Waals surface area contributed by atoms with Gasteiger partial charge in [0.25, 0.3) is 0 Å². The van der Waals surface area contributed by atoms with E-state index in [0.717, 1.165) is 32.9 Å². The minimum Gasteiger partial charge on any atom is -0.453 e. The second kappa shape index (κ2) is 8.32. The number of fused-ring (bicyclic) bond motifs is 1. The number of ether oxygens (including phenoxy) is 1. The van der Waals surface area contributed by atoms with E-state index in [0.29, 0.717) is 22.0 Å². The summed E-state index contributed by atoms with van der Waals surface area (Å²) in [6, 6.07) is 11.2. The summed E-state index contributed by atoms with van der Waals surface area (Å²) < 4.78 is 9.11. The number of esters is 1. The lowest BCUT2D eigenvalue weighted by atomic mass is 10.1. The first-order valence-electron chi connectivity index (χ1n) is 9.80. The number of carbonyl (C=O) groups excluding carboxylic acids is 2. The van der Waals surface area contributed by atoms with Gasteiger partial charge in [-0.15, -0.1) is 11.3 Å². The molecule has 0 bridgehead atoms. The summed E-state index contributed by atoms with van der Waals surface area (Å²) in [5.41, 5.74) is 4.19. The average Bonchev–Trinajstić information content (AvgIpc) is 3.38. The first kappa shape index (κ1) is 21.3. The van der Waals surface area contributed by atoms with Crippen molar-refractivity contribution in [1.82, 2.24) is 14.3 Å². The van der Waals surface area contributed by atoms with Crippen LogP contribution in [-0.2, 0) is 18.3 Å². The van der Waals surface area contributed by atoms with E-state index in [1.807, 2.05) is 67.4 Å². The fourth-order valence-corrected chi connectivity index (χ4v) is 4.78. The van der Waals surface area contributed by atoms with E-state index < -0.39 is 5.97 Å². The maximum atomic E-state index is 12.6. The van der Waals surface area contributed by atoms with Crippen LogP contribution in [0.15, 0.2) is 36.4 Å². The number of nitrogens with zero attached hydrogens (tertiary/aromatic N) is 3. The van der Waals surface area contributed by atoms with Gasteiger partial charge < -0.3 is 9.30 Å². The van der Waals surface area contributed by atoms with Gasteiger partial charge in [0, 0.05) is 34.4 Å². The number of thiophene rings is 1. The number of carbonyl (C=O) groups is 2. The van der Waals surface area contributed by atoms with Crippen LogP contribution in [0.25, 0.3) is 10.2 Å². The third-order valence-electron chi connectivity index (χ3n) is 5.50. The van der Waals surface area contributed by atoms with Gasteiger partial charge in [-0.3, -0.25) is 9.48 Å². The molecule has 0 radical (unpaired) electrons. The van der Waals surface area contributed by atoms with Gasteiger partial charge in [0.05, 0.1) is 12.2 Å². The van der Waals surface area contributed by atoms with E-state index in [9.17, 15) is 9.59 Å². The lowest BCUT2D eigenvalue weighted by Gasteiger charge is -2.05. The van der Waals surface area contributed by atoms with Crippen molar-refractivity contribution in [2.75, 3.05) is 6.61 Å². The highest BCUT2D eigenvalue weighted by Crippen LogP contribution is 2.30. The molecule has 0 aliphatic carbocycles. The number of benzene rings is 1. The highest BCUT2D eigenvalue weighted by Gasteiger charge is 2.20. The van der Waals surface area contributed by atoms with Gasteiger partial charge in [0.15, 0.2) is 6.61 Å². The molecule has 6 nitrogen and oxygen atoms in total. The molecule has 1 aromatic carbocycles. The van der Waals surface area contributed by atoms with Crippen molar-refractivity contribution in [3.8, 4) is 0 Å². The van der Waals surface area contributed by atoms with Crippen molar-refractivity contribution in [3.63, 3.8) is 0 Å². The molecular formula is C23H22ClN3O3S. The third-order valence-corrected chi connectivity index (χ3v) is 6.99. The maximum Gasteiger partial charge on any atom is 0.348 e. The lowest BCUT2D eigenvalue weighted by molar-refractivity contribution is 0.0479. The van der Waals surface area contributed by atoms with Gasteiger partial charge >= 0.3 is 5.97 Å². The topological polar surface area (TPSA) is 66.1 Å². The van der Waals surface area contributed by atoms with Gasteiger partial charge in [-0.25, -0.2) is 4.79 Å². The molecule has 0 aliphatic heterocycles. The third kappa shape index (κ3) is 4.03. The van der Waals surface area contributed by atoms with E-state index >= 15 is 0 Å². The minimum absolute atomic E-state index is 0.211. The summed E-state index contributed by atoms with van der Waals surface area (Å²) in [5, 5.41) is 6.15. The van der Waals surface area contributed by atoms with E-state index in [2.05, 4.69) is 5.10 Å². The molecule has 0 aliphatic rings. The van der Waals surface area contributed by atoms with E-state index in [1.165, 1.54) is 11.3 Å². The number of ketones is 1. The standard InChI is InChI=1S/C23H22ClN3O3S/c1-13-9-18(15(3)26(13)4)20(28)12-30-23(29)21-10-17-14(2)25-27(22(17)31-21)11-16-7-5-6-8-19(16)24/h5-10H,11-12H2,1-4H3. The number of Topliss-reactive ketones (excluding diaryl/α,β-unsaturated/α-hetero) is 1. The molecule has 0 spiro atoms. The van der Waals surface area contributed by atoms with Gasteiger partial charge in [0.2, 0.25) is 5.78 Å². The summed E-state index contributed by atoms with van der Waals surface area (Å²) in [4.78, 5) is 26.4. The predicted octanol–water partition coefficient (Wildman–Crippen LogP) is 5.10. The van der Waals surface area contributed by atoms with E-state index in [4.69, 9.17) is 16.3 Å². The van der Waals surface area contributed by atoms with Crippen LogP contribution < -0.4 is 0 Å². The van der Waals surface area contributed by atoms with E-state index in [-0.39, 0.29) is 12.4 Å². The molecule has 3 aromatic heterocycles. The normalized spacial score (nSPS) is 11.3.